The second-order valence-electron chi connectivity index (χ2n) is 12.4. The van der Waals surface area contributed by atoms with Crippen LogP contribution in [0.5, 0.6) is 0 Å². The molecular weight excluding hydrogens is 324 g/mol. The molecule has 8 atom stereocenters. The Morgan fingerprint density at radius 2 is 1.52 bits per heavy atom. The van der Waals surface area contributed by atoms with Crippen LogP contribution in [0, 0.1) is 52.3 Å². The standard InChI is InChI=1S/C27H48/c1-19(2)9-8-10-20(3)23-14-15-24-22-13-12-21-11-6-7-17-26(21,4)25(22)16-18-27(23,24)5/h19-25H,6-18H2,1-5H3/t20-,21+,22+,23+,24-,25-,26-,27+/m0/s1. The molecule has 0 radical (unpaired) electrons. The van der Waals surface area contributed by atoms with E-state index < -0.39 is 0 Å². The molecule has 0 saturated heterocycles. The summed E-state index contributed by atoms with van der Waals surface area (Å²) < 4.78 is 0. The minimum Gasteiger partial charge on any atom is -0.0628 e. The Morgan fingerprint density at radius 3 is 2.30 bits per heavy atom. The Kier molecular flexibility index (Phi) is 5.77. The fraction of sp³-hybridized carbons (Fsp3) is 1.00. The lowest BCUT2D eigenvalue weighted by Gasteiger charge is -2.61. The fourth-order valence-corrected chi connectivity index (χ4v) is 9.32. The molecule has 4 saturated carbocycles. The van der Waals surface area contributed by atoms with Crippen LogP contribution < -0.4 is 0 Å². The monoisotopic (exact) mass is 372 g/mol. The zero-order valence-electron chi connectivity index (χ0n) is 19.2. The summed E-state index contributed by atoms with van der Waals surface area (Å²) in [6, 6.07) is 0. The van der Waals surface area contributed by atoms with Gasteiger partial charge < -0.3 is 0 Å². The highest BCUT2D eigenvalue weighted by Gasteiger charge is 2.59. The van der Waals surface area contributed by atoms with Crippen molar-refractivity contribution in [2.45, 2.75) is 118 Å². The Labute approximate surface area is 170 Å². The van der Waals surface area contributed by atoms with Gasteiger partial charge in [-0.25, -0.2) is 0 Å². The first-order valence-corrected chi connectivity index (χ1v) is 12.9. The minimum atomic E-state index is 0.677. The van der Waals surface area contributed by atoms with Crippen molar-refractivity contribution >= 4 is 0 Å². The summed E-state index contributed by atoms with van der Waals surface area (Å²) in [5, 5.41) is 0. The lowest BCUT2D eigenvalue weighted by Crippen LogP contribution is -2.53. The van der Waals surface area contributed by atoms with Crippen molar-refractivity contribution in [3.05, 3.63) is 0 Å². The molecule has 0 nitrogen and oxygen atoms in total. The molecule has 4 aliphatic carbocycles. The Hall–Kier alpha value is 0. The molecule has 0 heteroatoms. The smallest absolute Gasteiger partial charge is 0.0264 e. The van der Waals surface area contributed by atoms with E-state index >= 15 is 0 Å². The molecule has 0 unspecified atom stereocenters. The molecule has 27 heavy (non-hydrogen) atoms. The molecule has 0 amide bonds. The van der Waals surface area contributed by atoms with Crippen LogP contribution >= 0.6 is 0 Å². The van der Waals surface area contributed by atoms with E-state index in [2.05, 4.69) is 34.6 Å². The van der Waals surface area contributed by atoms with E-state index in [4.69, 9.17) is 0 Å². The predicted octanol–water partition coefficient (Wildman–Crippen LogP) is 8.50. The third-order valence-electron chi connectivity index (χ3n) is 10.8. The van der Waals surface area contributed by atoms with Crippen LogP contribution in [-0.4, -0.2) is 0 Å². The molecule has 4 rings (SSSR count). The van der Waals surface area contributed by atoms with Crippen LogP contribution in [0.4, 0.5) is 0 Å². The highest BCUT2D eigenvalue weighted by atomic mass is 14.6. The molecule has 156 valence electrons. The molecule has 0 bridgehead atoms. The summed E-state index contributed by atoms with van der Waals surface area (Å²) in [4.78, 5) is 0. The summed E-state index contributed by atoms with van der Waals surface area (Å²) in [5.41, 5.74) is 1.39. The number of hydrogen-bond acceptors (Lipinski definition) is 0. The van der Waals surface area contributed by atoms with Gasteiger partial charge in [0.25, 0.3) is 0 Å². The zero-order valence-corrected chi connectivity index (χ0v) is 19.2. The van der Waals surface area contributed by atoms with E-state index in [1.165, 1.54) is 32.1 Å². The van der Waals surface area contributed by atoms with Gasteiger partial charge in [0.15, 0.2) is 0 Å². The maximum absolute atomic E-state index is 2.75. The van der Waals surface area contributed by atoms with E-state index in [1.54, 1.807) is 51.4 Å². The lowest BCUT2D eigenvalue weighted by molar-refractivity contribution is -0.114. The van der Waals surface area contributed by atoms with Crippen molar-refractivity contribution in [1.29, 1.82) is 0 Å². The fourth-order valence-electron chi connectivity index (χ4n) is 9.32. The Balaban J connectivity index is 1.46. The summed E-state index contributed by atoms with van der Waals surface area (Å²) >= 11 is 0. The van der Waals surface area contributed by atoms with Gasteiger partial charge in [-0.1, -0.05) is 66.7 Å². The van der Waals surface area contributed by atoms with Crippen molar-refractivity contribution in [3.63, 3.8) is 0 Å². The Morgan fingerprint density at radius 1 is 0.741 bits per heavy atom. The van der Waals surface area contributed by atoms with E-state index in [-0.39, 0.29) is 0 Å². The summed E-state index contributed by atoms with van der Waals surface area (Å²) in [7, 11) is 0. The molecule has 0 aromatic rings. The SMILES string of the molecule is CC(C)CCC[C@H](C)[C@H]1CC[C@H]2[C@H]3CC[C@H]4CCCC[C@]4(C)[C@H]3CC[C@]12C. The molecule has 4 aliphatic rings. The van der Waals surface area contributed by atoms with Crippen LogP contribution in [0.1, 0.15) is 118 Å². The maximum atomic E-state index is 2.75. The largest absolute Gasteiger partial charge is 0.0628 e. The van der Waals surface area contributed by atoms with Gasteiger partial charge in [0, 0.05) is 0 Å². The molecular formula is C27H48. The molecule has 0 aliphatic heterocycles. The van der Waals surface area contributed by atoms with E-state index in [0.717, 1.165) is 41.4 Å². The zero-order chi connectivity index (χ0) is 19.2. The lowest BCUT2D eigenvalue weighted by atomic mass is 9.44. The number of hydrogen-bond donors (Lipinski definition) is 0. The molecule has 0 N–H and O–H groups in total. The topological polar surface area (TPSA) is 0 Å². The van der Waals surface area contributed by atoms with Crippen molar-refractivity contribution in [3.8, 4) is 0 Å². The van der Waals surface area contributed by atoms with Gasteiger partial charge in [0.2, 0.25) is 0 Å². The van der Waals surface area contributed by atoms with E-state index in [0.29, 0.717) is 10.8 Å². The van der Waals surface area contributed by atoms with E-state index in [1.807, 2.05) is 0 Å². The van der Waals surface area contributed by atoms with Crippen LogP contribution in [0.25, 0.3) is 0 Å². The molecule has 0 spiro atoms. The predicted molar refractivity (Wildman–Crippen MR) is 118 cm³/mol. The number of rotatable bonds is 5. The van der Waals surface area contributed by atoms with Crippen molar-refractivity contribution < 1.29 is 0 Å². The first-order valence-electron chi connectivity index (χ1n) is 12.9. The molecule has 4 fully saturated rings. The average Bonchev–Trinajstić information content (AvgIpc) is 2.98. The third-order valence-corrected chi connectivity index (χ3v) is 10.8. The first kappa shape index (κ1) is 20.3. The van der Waals surface area contributed by atoms with Gasteiger partial charge in [-0.3, -0.25) is 0 Å². The van der Waals surface area contributed by atoms with E-state index in [9.17, 15) is 0 Å². The van der Waals surface area contributed by atoms with Gasteiger partial charge >= 0.3 is 0 Å². The van der Waals surface area contributed by atoms with Gasteiger partial charge in [-0.05, 0) is 104 Å². The van der Waals surface area contributed by atoms with Crippen LogP contribution in [0.15, 0.2) is 0 Å². The molecule has 0 aromatic carbocycles. The molecule has 0 heterocycles. The molecule has 0 aromatic heterocycles. The minimum absolute atomic E-state index is 0.677. The first-order chi connectivity index (χ1) is 12.9. The van der Waals surface area contributed by atoms with Crippen molar-refractivity contribution in [2.24, 2.45) is 52.3 Å². The quantitative estimate of drug-likeness (QED) is 0.453. The van der Waals surface area contributed by atoms with Gasteiger partial charge in [0.05, 0.1) is 0 Å². The highest BCUT2D eigenvalue weighted by molar-refractivity contribution is 5.09. The summed E-state index contributed by atoms with van der Waals surface area (Å²) in [6.07, 6.45) is 19.9. The van der Waals surface area contributed by atoms with Gasteiger partial charge in [-0.2, -0.15) is 0 Å². The van der Waals surface area contributed by atoms with Gasteiger partial charge in [0.1, 0.15) is 0 Å². The number of fused-ring (bicyclic) bond motifs is 5. The van der Waals surface area contributed by atoms with Crippen molar-refractivity contribution in [1.82, 2.24) is 0 Å². The normalized spacial score (nSPS) is 48.0. The summed E-state index contributed by atoms with van der Waals surface area (Å²) in [5.74, 6) is 7.15. The van der Waals surface area contributed by atoms with Crippen LogP contribution in [0.2, 0.25) is 0 Å². The van der Waals surface area contributed by atoms with Crippen molar-refractivity contribution in [2.75, 3.05) is 0 Å². The van der Waals surface area contributed by atoms with Crippen LogP contribution in [-0.2, 0) is 0 Å². The average molecular weight is 373 g/mol. The summed E-state index contributed by atoms with van der Waals surface area (Å²) in [6.45, 7) is 12.9. The Bertz CT molecular complexity index is 506. The maximum Gasteiger partial charge on any atom is -0.0264 e. The highest BCUT2D eigenvalue weighted by Crippen LogP contribution is 2.68. The van der Waals surface area contributed by atoms with Gasteiger partial charge in [-0.15, -0.1) is 0 Å². The van der Waals surface area contributed by atoms with Crippen LogP contribution in [0.3, 0.4) is 0 Å². The second-order valence-corrected chi connectivity index (χ2v) is 12.4. The third kappa shape index (κ3) is 3.44. The second kappa shape index (κ2) is 7.68.